The number of carbonyl (C=O) groups is 2. The molecule has 3 fully saturated rings. The number of nitrogens with zero attached hydrogens (tertiary/aromatic N) is 1. The zero-order valence-electron chi connectivity index (χ0n) is 19.6. The molecule has 2 saturated heterocycles. The normalized spacial score (nSPS) is 37.1. The Morgan fingerprint density at radius 3 is 2.59 bits per heavy atom. The number of β-amino-alcohol motifs (C(OH)–C–C–N with tert-alkyl or cyclic N) is 1. The largest absolute Gasteiger partial charge is 0.443 e. The molecule has 0 bridgehead atoms. The van der Waals surface area contributed by atoms with Crippen LogP contribution in [-0.4, -0.2) is 84.1 Å². The highest BCUT2D eigenvalue weighted by molar-refractivity contribution is 6.28. The minimum Gasteiger partial charge on any atom is -0.443 e. The predicted molar refractivity (Wildman–Crippen MR) is 121 cm³/mol. The first kappa shape index (κ1) is 25.4. The zero-order valence-corrected chi connectivity index (χ0v) is 20.3. The van der Waals surface area contributed by atoms with Crippen LogP contribution in [0.1, 0.15) is 52.9 Å². The van der Waals surface area contributed by atoms with E-state index in [1.54, 1.807) is 7.11 Å². The topological polar surface area (TPSA) is 101 Å². The molecule has 0 aromatic carbocycles. The van der Waals surface area contributed by atoms with E-state index in [0.717, 1.165) is 32.4 Å². The Labute approximate surface area is 195 Å². The summed E-state index contributed by atoms with van der Waals surface area (Å²) in [6, 6.07) is 0. The van der Waals surface area contributed by atoms with E-state index >= 15 is 0 Å². The number of hydrogen-bond donors (Lipinski definition) is 2. The lowest BCUT2D eigenvalue weighted by molar-refractivity contribution is -0.184. The second-order valence-electron chi connectivity index (χ2n) is 9.74. The van der Waals surface area contributed by atoms with Crippen LogP contribution in [0.5, 0.6) is 0 Å². The Bertz CT molecular complexity index is 723. The number of methoxy groups -OCH3 is 1. The van der Waals surface area contributed by atoms with Gasteiger partial charge in [-0.3, -0.25) is 10.1 Å². The van der Waals surface area contributed by atoms with E-state index in [1.807, 2.05) is 20.8 Å². The lowest BCUT2D eigenvalue weighted by atomic mass is 9.65. The third kappa shape index (κ3) is 5.65. The summed E-state index contributed by atoms with van der Waals surface area (Å²) in [5.41, 5.74) is -0.433. The summed E-state index contributed by atoms with van der Waals surface area (Å²) >= 11 is 5.47. The van der Waals surface area contributed by atoms with E-state index in [1.165, 1.54) is 5.57 Å². The van der Waals surface area contributed by atoms with E-state index in [0.29, 0.717) is 19.4 Å². The monoisotopic (exact) mass is 472 g/mol. The summed E-state index contributed by atoms with van der Waals surface area (Å²) < 4.78 is 17.6. The highest BCUT2D eigenvalue weighted by Gasteiger charge is 2.67. The number of carbonyl (C=O) groups excluding carboxylic acids is 2. The molecule has 1 saturated carbocycles. The number of aliphatic hydroxyl groups is 1. The fourth-order valence-corrected chi connectivity index (χ4v) is 5.56. The molecule has 0 spiro atoms. The second-order valence-corrected chi connectivity index (χ2v) is 10.0. The predicted octanol–water partition coefficient (Wildman–Crippen LogP) is 2.61. The Morgan fingerprint density at radius 1 is 1.31 bits per heavy atom. The first-order chi connectivity index (χ1) is 15.1. The molecular formula is C23H37ClN2O6. The fraction of sp³-hybridized carbons (Fsp3) is 0.826. The highest BCUT2D eigenvalue weighted by atomic mass is 35.5. The number of alkyl halides is 1. The van der Waals surface area contributed by atoms with Crippen molar-refractivity contribution < 1.29 is 28.9 Å². The summed E-state index contributed by atoms with van der Waals surface area (Å²) in [4.78, 5) is 26.0. The molecule has 182 valence electrons. The summed E-state index contributed by atoms with van der Waals surface area (Å²) in [7, 11) is 1.56. The van der Waals surface area contributed by atoms with Crippen molar-refractivity contribution in [2.75, 3.05) is 32.6 Å². The molecule has 0 radical (unpaired) electrons. The number of ether oxygens (including phenoxy) is 3. The van der Waals surface area contributed by atoms with Gasteiger partial charge in [0.2, 0.25) is 5.91 Å². The van der Waals surface area contributed by atoms with E-state index in [-0.39, 0.29) is 12.0 Å². The van der Waals surface area contributed by atoms with Crippen LogP contribution in [0.2, 0.25) is 0 Å². The SMILES string of the molecule is COC1C(OC(=O)NC(=O)CCl)CCC(O)(CN2CCCC2)C1C1(C)OC1CC=C(C)C. The van der Waals surface area contributed by atoms with Crippen molar-refractivity contribution in [3.05, 3.63) is 11.6 Å². The Morgan fingerprint density at radius 2 is 2.00 bits per heavy atom. The summed E-state index contributed by atoms with van der Waals surface area (Å²) in [5.74, 6) is -1.35. The van der Waals surface area contributed by atoms with E-state index in [2.05, 4.69) is 16.3 Å². The van der Waals surface area contributed by atoms with Crippen LogP contribution in [0.15, 0.2) is 11.6 Å². The van der Waals surface area contributed by atoms with Gasteiger partial charge in [-0.25, -0.2) is 4.79 Å². The van der Waals surface area contributed by atoms with E-state index in [9.17, 15) is 14.7 Å². The third-order valence-corrected chi connectivity index (χ3v) is 7.30. The molecule has 9 heteroatoms. The number of hydrogen-bond acceptors (Lipinski definition) is 7. The number of halogens is 1. The van der Waals surface area contributed by atoms with Crippen LogP contribution in [-0.2, 0) is 19.0 Å². The second kappa shape index (κ2) is 10.4. The van der Waals surface area contributed by atoms with Crippen molar-refractivity contribution in [2.45, 2.75) is 82.4 Å². The Balaban J connectivity index is 1.83. The van der Waals surface area contributed by atoms with Gasteiger partial charge in [-0.05, 0) is 66.0 Å². The maximum absolute atomic E-state index is 12.2. The van der Waals surface area contributed by atoms with Gasteiger partial charge in [-0.2, -0.15) is 0 Å². The molecule has 2 aliphatic heterocycles. The van der Waals surface area contributed by atoms with Crippen LogP contribution in [0.3, 0.4) is 0 Å². The minimum atomic E-state index is -1.04. The van der Waals surface area contributed by atoms with Gasteiger partial charge >= 0.3 is 6.09 Å². The van der Waals surface area contributed by atoms with Gasteiger partial charge in [0.05, 0.1) is 17.6 Å². The maximum Gasteiger partial charge on any atom is 0.414 e. The van der Waals surface area contributed by atoms with Crippen molar-refractivity contribution in [3.8, 4) is 0 Å². The van der Waals surface area contributed by atoms with Crippen molar-refractivity contribution in [2.24, 2.45) is 5.92 Å². The quantitative estimate of drug-likeness (QED) is 0.318. The molecule has 32 heavy (non-hydrogen) atoms. The number of nitrogens with one attached hydrogen (secondary N) is 1. The van der Waals surface area contributed by atoms with Gasteiger partial charge in [0.1, 0.15) is 23.7 Å². The number of allylic oxidation sites excluding steroid dienone is 1. The Hall–Kier alpha value is -1.19. The molecule has 0 aromatic heterocycles. The summed E-state index contributed by atoms with van der Waals surface area (Å²) in [6.07, 6.45) is 3.94. The lowest BCUT2D eigenvalue weighted by Crippen LogP contribution is -2.63. The van der Waals surface area contributed by atoms with Gasteiger partial charge < -0.3 is 24.2 Å². The van der Waals surface area contributed by atoms with E-state index in [4.69, 9.17) is 25.8 Å². The molecule has 6 unspecified atom stereocenters. The van der Waals surface area contributed by atoms with Gasteiger partial charge in [0.15, 0.2) is 0 Å². The Kier molecular flexibility index (Phi) is 8.25. The van der Waals surface area contributed by atoms with Gasteiger partial charge in [-0.1, -0.05) is 11.6 Å². The molecule has 1 aliphatic carbocycles. The number of likely N-dealkylation sites (tertiary alicyclic amines) is 1. The van der Waals surface area contributed by atoms with Crippen molar-refractivity contribution in [3.63, 3.8) is 0 Å². The van der Waals surface area contributed by atoms with Gasteiger partial charge in [0, 0.05) is 13.7 Å². The third-order valence-electron chi connectivity index (χ3n) is 7.06. The number of amides is 2. The molecule has 3 rings (SSSR count). The first-order valence-corrected chi connectivity index (χ1v) is 12.0. The summed E-state index contributed by atoms with van der Waals surface area (Å²) in [6.45, 7) is 8.58. The van der Waals surface area contributed by atoms with Gasteiger partial charge in [-0.15, -0.1) is 11.6 Å². The van der Waals surface area contributed by atoms with Crippen LogP contribution in [0.4, 0.5) is 4.79 Å². The average Bonchev–Trinajstić information content (AvgIpc) is 3.12. The van der Waals surface area contributed by atoms with Crippen molar-refractivity contribution in [1.29, 1.82) is 0 Å². The zero-order chi connectivity index (χ0) is 23.5. The smallest absolute Gasteiger partial charge is 0.414 e. The van der Waals surface area contributed by atoms with Gasteiger partial charge in [0.25, 0.3) is 0 Å². The van der Waals surface area contributed by atoms with Crippen molar-refractivity contribution in [1.82, 2.24) is 10.2 Å². The highest BCUT2D eigenvalue weighted by Crippen LogP contribution is 2.55. The molecule has 2 N–H and O–H groups in total. The fourth-order valence-electron chi connectivity index (χ4n) is 5.50. The first-order valence-electron chi connectivity index (χ1n) is 11.5. The van der Waals surface area contributed by atoms with Crippen LogP contribution in [0.25, 0.3) is 0 Å². The van der Waals surface area contributed by atoms with E-state index < -0.39 is 41.3 Å². The number of epoxide rings is 1. The number of alkyl carbamates (subject to hydrolysis) is 1. The molecule has 2 heterocycles. The molecule has 3 aliphatic rings. The van der Waals surface area contributed by atoms with Crippen LogP contribution >= 0.6 is 11.6 Å². The minimum absolute atomic E-state index is 0.0458. The molecule has 0 aromatic rings. The lowest BCUT2D eigenvalue weighted by Gasteiger charge is -2.50. The number of imide groups is 1. The standard InChI is InChI=1S/C23H37ClN2O6/c1-15(2)7-8-17-22(3,32-17)20-19(30-4)16(31-21(28)25-18(27)13-24)9-10-23(20,29)14-26-11-5-6-12-26/h7,16-17,19-20,29H,5-6,8-14H2,1-4H3,(H,25,27,28). The summed E-state index contributed by atoms with van der Waals surface area (Å²) in [5, 5.41) is 14.1. The molecule has 8 nitrogen and oxygen atoms in total. The maximum atomic E-state index is 12.2. The molecular weight excluding hydrogens is 436 g/mol. The van der Waals surface area contributed by atoms with Crippen molar-refractivity contribution >= 4 is 23.6 Å². The van der Waals surface area contributed by atoms with Crippen LogP contribution in [0, 0.1) is 5.92 Å². The molecule has 6 atom stereocenters. The number of rotatable bonds is 8. The average molecular weight is 473 g/mol. The molecule has 2 amide bonds. The van der Waals surface area contributed by atoms with Crippen LogP contribution < -0.4 is 5.32 Å².